The third kappa shape index (κ3) is 2.30. The maximum Gasteiger partial charge on any atom is 0.223 e. The predicted molar refractivity (Wildman–Crippen MR) is 61.1 cm³/mol. The van der Waals surface area contributed by atoms with Crippen LogP contribution in [0.3, 0.4) is 0 Å². The second kappa shape index (κ2) is 4.20. The molecule has 0 spiro atoms. The monoisotopic (exact) mass is 227 g/mol. The highest BCUT2D eigenvalue weighted by Crippen LogP contribution is 2.21. The van der Waals surface area contributed by atoms with Gasteiger partial charge in [-0.15, -0.1) is 0 Å². The van der Waals surface area contributed by atoms with Crippen LogP contribution in [0.5, 0.6) is 0 Å². The van der Waals surface area contributed by atoms with Gasteiger partial charge in [-0.05, 0) is 13.5 Å². The minimum Gasteiger partial charge on any atom is -0.368 e. The summed E-state index contributed by atoms with van der Waals surface area (Å²) in [5, 5.41) is 3.64. The molecule has 1 fully saturated rings. The van der Waals surface area contributed by atoms with E-state index in [1.807, 2.05) is 7.05 Å². The fraction of sp³-hybridized carbons (Fsp3) is 0.556. The minimum atomic E-state index is 0.227. The van der Waals surface area contributed by atoms with Crippen molar-refractivity contribution >= 4 is 23.4 Å². The zero-order valence-electron chi connectivity index (χ0n) is 8.57. The van der Waals surface area contributed by atoms with Gasteiger partial charge < -0.3 is 16.0 Å². The summed E-state index contributed by atoms with van der Waals surface area (Å²) < 4.78 is 0. The molecule has 5 nitrogen and oxygen atoms in total. The molecule has 3 N–H and O–H groups in total. The average molecular weight is 228 g/mol. The molecule has 0 radical (unpaired) electrons. The number of hydrogen-bond donors (Lipinski definition) is 2. The Kier molecular flexibility index (Phi) is 2.93. The van der Waals surface area contributed by atoms with Crippen molar-refractivity contribution in [2.45, 2.75) is 12.5 Å². The van der Waals surface area contributed by atoms with Gasteiger partial charge in [0, 0.05) is 25.2 Å². The third-order valence-electron chi connectivity index (χ3n) is 2.62. The first-order valence-corrected chi connectivity index (χ1v) is 5.29. The molecule has 0 unspecified atom stereocenters. The summed E-state index contributed by atoms with van der Waals surface area (Å²) in [5.41, 5.74) is 5.55. The van der Waals surface area contributed by atoms with Crippen LogP contribution in [-0.4, -0.2) is 36.1 Å². The molecular formula is C9H14ClN5. The van der Waals surface area contributed by atoms with E-state index in [1.165, 1.54) is 0 Å². The molecule has 0 bridgehead atoms. The number of halogens is 1. The number of anilines is 2. The number of rotatable bonds is 2. The van der Waals surface area contributed by atoms with E-state index in [0.717, 1.165) is 25.3 Å². The number of nitrogens with one attached hydrogen (secondary N) is 1. The van der Waals surface area contributed by atoms with E-state index >= 15 is 0 Å². The molecule has 1 aromatic heterocycles. The van der Waals surface area contributed by atoms with Gasteiger partial charge in [0.1, 0.15) is 11.0 Å². The lowest BCUT2D eigenvalue weighted by atomic mass is 10.3. The number of nitrogens with zero attached hydrogens (tertiary/aromatic N) is 3. The molecule has 1 saturated heterocycles. The summed E-state index contributed by atoms with van der Waals surface area (Å²) in [6, 6.07) is 2.26. The maximum absolute atomic E-state index is 5.83. The standard InChI is InChI=1S/C9H14ClN5/c1-12-6-2-3-15(5-6)8-4-7(10)13-9(11)14-8/h4,6,12H,2-3,5H2,1H3,(H2,11,13,14)/t6-/m1/s1. The molecule has 1 aliphatic rings. The quantitative estimate of drug-likeness (QED) is 0.721. The first kappa shape index (κ1) is 10.4. The molecule has 1 aliphatic heterocycles. The van der Waals surface area contributed by atoms with E-state index < -0.39 is 0 Å². The van der Waals surface area contributed by atoms with Crippen LogP contribution in [0.15, 0.2) is 6.07 Å². The number of hydrogen-bond acceptors (Lipinski definition) is 5. The SMILES string of the molecule is CN[C@@H]1CCN(c2cc(Cl)nc(N)n2)C1. The average Bonchev–Trinajstić information content (AvgIpc) is 2.64. The summed E-state index contributed by atoms with van der Waals surface area (Å²) in [6.07, 6.45) is 1.11. The molecule has 0 aliphatic carbocycles. The van der Waals surface area contributed by atoms with Crippen LogP contribution in [0.25, 0.3) is 0 Å². The van der Waals surface area contributed by atoms with Crippen LogP contribution in [0, 0.1) is 0 Å². The molecule has 2 rings (SSSR count). The van der Waals surface area contributed by atoms with Gasteiger partial charge in [0.05, 0.1) is 0 Å². The first-order valence-electron chi connectivity index (χ1n) is 4.91. The Hall–Kier alpha value is -1.07. The van der Waals surface area contributed by atoms with Gasteiger partial charge in [0.2, 0.25) is 5.95 Å². The van der Waals surface area contributed by atoms with E-state index in [2.05, 4.69) is 20.2 Å². The summed E-state index contributed by atoms with van der Waals surface area (Å²) in [5.74, 6) is 1.04. The summed E-state index contributed by atoms with van der Waals surface area (Å²) in [6.45, 7) is 1.90. The van der Waals surface area contributed by atoms with Gasteiger partial charge in [-0.1, -0.05) is 11.6 Å². The maximum atomic E-state index is 5.83. The zero-order chi connectivity index (χ0) is 10.8. The molecule has 1 atom stereocenters. The van der Waals surface area contributed by atoms with E-state index in [9.17, 15) is 0 Å². The molecule has 2 heterocycles. The number of nitrogens with two attached hydrogens (primary N) is 1. The lowest BCUT2D eigenvalue weighted by molar-refractivity contribution is 0.616. The fourth-order valence-electron chi connectivity index (χ4n) is 1.79. The Morgan fingerprint density at radius 1 is 1.60 bits per heavy atom. The fourth-order valence-corrected chi connectivity index (χ4v) is 1.97. The van der Waals surface area contributed by atoms with Crippen molar-refractivity contribution in [3.63, 3.8) is 0 Å². The molecule has 15 heavy (non-hydrogen) atoms. The Balaban J connectivity index is 2.16. The topological polar surface area (TPSA) is 67.1 Å². The van der Waals surface area contributed by atoms with Gasteiger partial charge >= 0.3 is 0 Å². The minimum absolute atomic E-state index is 0.227. The molecule has 1 aromatic rings. The van der Waals surface area contributed by atoms with Gasteiger partial charge in [0.25, 0.3) is 0 Å². The second-order valence-corrected chi connectivity index (χ2v) is 4.01. The lowest BCUT2D eigenvalue weighted by Crippen LogP contribution is -2.30. The van der Waals surface area contributed by atoms with E-state index in [0.29, 0.717) is 11.2 Å². The van der Waals surface area contributed by atoms with Gasteiger partial charge in [-0.2, -0.15) is 4.98 Å². The van der Waals surface area contributed by atoms with Crippen LogP contribution in [-0.2, 0) is 0 Å². The molecule has 6 heteroatoms. The number of likely N-dealkylation sites (N-methyl/N-ethyl adjacent to an activating group) is 1. The summed E-state index contributed by atoms with van der Waals surface area (Å²) in [7, 11) is 1.97. The second-order valence-electron chi connectivity index (χ2n) is 3.63. The van der Waals surface area contributed by atoms with Crippen LogP contribution < -0.4 is 16.0 Å². The smallest absolute Gasteiger partial charge is 0.223 e. The van der Waals surface area contributed by atoms with Crippen molar-refractivity contribution in [3.8, 4) is 0 Å². The summed E-state index contributed by atoms with van der Waals surface area (Å²) in [4.78, 5) is 10.2. The highest BCUT2D eigenvalue weighted by atomic mass is 35.5. The number of nitrogen functional groups attached to an aromatic ring is 1. The van der Waals surface area contributed by atoms with E-state index in [-0.39, 0.29) is 5.95 Å². The Labute approximate surface area is 93.6 Å². The van der Waals surface area contributed by atoms with Crippen LogP contribution in [0.2, 0.25) is 5.15 Å². The van der Waals surface area contributed by atoms with E-state index in [1.54, 1.807) is 6.07 Å². The Morgan fingerprint density at radius 2 is 2.40 bits per heavy atom. The molecule has 82 valence electrons. The predicted octanol–water partition coefficient (Wildman–Crippen LogP) is 0.510. The molecular weight excluding hydrogens is 214 g/mol. The van der Waals surface area contributed by atoms with Crippen molar-refractivity contribution in [3.05, 3.63) is 11.2 Å². The van der Waals surface area contributed by atoms with Gasteiger partial charge in [-0.3, -0.25) is 0 Å². The summed E-state index contributed by atoms with van der Waals surface area (Å²) >= 11 is 5.83. The van der Waals surface area contributed by atoms with Crippen molar-refractivity contribution in [2.24, 2.45) is 0 Å². The zero-order valence-corrected chi connectivity index (χ0v) is 9.33. The van der Waals surface area contributed by atoms with Crippen molar-refractivity contribution in [1.82, 2.24) is 15.3 Å². The van der Waals surface area contributed by atoms with Crippen LogP contribution >= 0.6 is 11.6 Å². The molecule has 0 aromatic carbocycles. The van der Waals surface area contributed by atoms with Crippen LogP contribution in [0.1, 0.15) is 6.42 Å². The first-order chi connectivity index (χ1) is 7.19. The Bertz CT molecular complexity index is 336. The van der Waals surface area contributed by atoms with Gasteiger partial charge in [0.15, 0.2) is 0 Å². The molecule has 0 saturated carbocycles. The van der Waals surface area contributed by atoms with E-state index in [4.69, 9.17) is 17.3 Å². The normalized spacial score (nSPS) is 20.9. The lowest BCUT2D eigenvalue weighted by Gasteiger charge is -2.17. The van der Waals surface area contributed by atoms with Crippen LogP contribution in [0.4, 0.5) is 11.8 Å². The largest absolute Gasteiger partial charge is 0.368 e. The highest BCUT2D eigenvalue weighted by molar-refractivity contribution is 6.29. The Morgan fingerprint density at radius 3 is 3.00 bits per heavy atom. The van der Waals surface area contributed by atoms with Gasteiger partial charge in [-0.25, -0.2) is 4.98 Å². The number of aromatic nitrogens is 2. The highest BCUT2D eigenvalue weighted by Gasteiger charge is 2.22. The third-order valence-corrected chi connectivity index (χ3v) is 2.81. The molecule has 0 amide bonds. The van der Waals surface area contributed by atoms with Crippen molar-refractivity contribution in [2.75, 3.05) is 30.8 Å². The van der Waals surface area contributed by atoms with Crippen molar-refractivity contribution < 1.29 is 0 Å². The van der Waals surface area contributed by atoms with Crippen molar-refractivity contribution in [1.29, 1.82) is 0 Å².